The molecule has 0 spiro atoms. The Labute approximate surface area is 270 Å². The van der Waals surface area contributed by atoms with Gasteiger partial charge in [-0.15, -0.1) is 0 Å². The second-order valence-corrected chi connectivity index (χ2v) is 12.2. The Morgan fingerprint density at radius 2 is 1.74 bits per heavy atom. The van der Waals surface area contributed by atoms with E-state index in [0.29, 0.717) is 41.5 Å². The van der Waals surface area contributed by atoms with E-state index in [0.717, 1.165) is 42.1 Å². The minimum Gasteiger partial charge on any atom is -0.548 e. The van der Waals surface area contributed by atoms with Crippen molar-refractivity contribution in [2.24, 2.45) is 5.92 Å². The summed E-state index contributed by atoms with van der Waals surface area (Å²) < 4.78 is 28.3. The van der Waals surface area contributed by atoms with Gasteiger partial charge in [-0.3, -0.25) is 9.69 Å². The zero-order valence-corrected chi connectivity index (χ0v) is 26.2. The molecule has 1 amide bonds. The maximum Gasteiger partial charge on any atom is 1.00 e. The van der Waals surface area contributed by atoms with Gasteiger partial charge in [-0.25, -0.2) is 8.78 Å². The van der Waals surface area contributed by atoms with Gasteiger partial charge in [0.1, 0.15) is 11.6 Å². The molecular formula is C34H39F2LiN2O3S. The first kappa shape index (κ1) is 34.9. The number of halogens is 2. The van der Waals surface area contributed by atoms with Crippen LogP contribution in [0.1, 0.15) is 65.6 Å². The maximum absolute atomic E-state index is 14.7. The van der Waals surface area contributed by atoms with Crippen LogP contribution in [0, 0.1) is 24.5 Å². The number of nitrogens with one attached hydrogen (secondary N) is 1. The van der Waals surface area contributed by atoms with Crippen LogP contribution in [0.3, 0.4) is 0 Å². The summed E-state index contributed by atoms with van der Waals surface area (Å²) in [5.41, 5.74) is 4.34. The monoisotopic (exact) mass is 600 g/mol. The molecule has 3 aromatic carbocycles. The molecule has 1 fully saturated rings. The fraction of sp³-hybridized carbons (Fsp3) is 0.412. The largest absolute Gasteiger partial charge is 1.00 e. The quantitative estimate of drug-likeness (QED) is 0.306. The van der Waals surface area contributed by atoms with Crippen LogP contribution in [0.5, 0.6) is 0 Å². The number of benzene rings is 3. The second kappa shape index (κ2) is 17.0. The molecule has 0 bridgehead atoms. The number of nitrogens with zero attached hydrogens (tertiary/aromatic N) is 1. The van der Waals surface area contributed by atoms with Gasteiger partial charge >= 0.3 is 18.9 Å². The van der Waals surface area contributed by atoms with Crippen LogP contribution in [0.25, 0.3) is 11.1 Å². The molecule has 1 atom stereocenters. The van der Waals surface area contributed by atoms with Crippen molar-refractivity contribution >= 4 is 23.6 Å². The van der Waals surface area contributed by atoms with Crippen molar-refractivity contribution in [2.45, 2.75) is 64.6 Å². The van der Waals surface area contributed by atoms with E-state index in [1.54, 1.807) is 6.07 Å². The maximum atomic E-state index is 14.7. The zero-order valence-electron chi connectivity index (χ0n) is 25.3. The van der Waals surface area contributed by atoms with Crippen molar-refractivity contribution in [3.8, 4) is 11.1 Å². The Morgan fingerprint density at radius 3 is 2.42 bits per heavy atom. The average molecular weight is 601 g/mol. The number of carbonyl (C=O) groups excluding carboxylic acids is 2. The van der Waals surface area contributed by atoms with E-state index >= 15 is 0 Å². The molecule has 1 aliphatic rings. The van der Waals surface area contributed by atoms with E-state index in [4.69, 9.17) is 0 Å². The van der Waals surface area contributed by atoms with Gasteiger partial charge in [-0.05, 0) is 84.6 Å². The van der Waals surface area contributed by atoms with Gasteiger partial charge < -0.3 is 15.2 Å². The van der Waals surface area contributed by atoms with Gasteiger partial charge in [0.05, 0.1) is 12.0 Å². The fourth-order valence-electron chi connectivity index (χ4n) is 5.78. The predicted molar refractivity (Wildman–Crippen MR) is 163 cm³/mol. The average Bonchev–Trinajstić information content (AvgIpc) is 2.97. The number of carboxylic acid groups (broad SMARTS) is 1. The number of carboxylic acids is 1. The Morgan fingerprint density at radius 1 is 1.00 bits per heavy atom. The third-order valence-electron chi connectivity index (χ3n) is 8.02. The summed E-state index contributed by atoms with van der Waals surface area (Å²) in [5, 5.41) is 14.4. The van der Waals surface area contributed by atoms with Gasteiger partial charge in [0.25, 0.3) is 5.91 Å². The number of amides is 1. The van der Waals surface area contributed by atoms with Crippen molar-refractivity contribution in [2.75, 3.05) is 18.6 Å². The van der Waals surface area contributed by atoms with Crippen molar-refractivity contribution in [1.29, 1.82) is 0 Å². The Bertz CT molecular complexity index is 1380. The first-order valence-corrected chi connectivity index (χ1v) is 16.0. The zero-order chi connectivity index (χ0) is 30.1. The van der Waals surface area contributed by atoms with Crippen molar-refractivity contribution in [3.63, 3.8) is 0 Å². The Hall–Kier alpha value is -2.63. The normalized spacial score (nSPS) is 14.3. The van der Waals surface area contributed by atoms with Crippen molar-refractivity contribution in [3.05, 3.63) is 94.6 Å². The number of hydrogen-bond donors (Lipinski definition) is 1. The third kappa shape index (κ3) is 9.94. The predicted octanol–water partition coefficient (Wildman–Crippen LogP) is 3.13. The second-order valence-electron chi connectivity index (χ2n) is 11.2. The topological polar surface area (TPSA) is 72.5 Å². The van der Waals surface area contributed by atoms with Crippen LogP contribution < -0.4 is 29.3 Å². The van der Waals surface area contributed by atoms with Gasteiger partial charge in [0.15, 0.2) is 0 Å². The standard InChI is InChI=1S/C34H40F2N2O3S.Li/c1-23-8-6-7-11-28(23)30-18-25(12-15-29(30)33(39)37-32(34(40)41)16-17-42-2)21-38(20-24-9-4-3-5-10-24)22-26-13-14-27(35)19-31(26)36;/h6-8,11-15,18-19,24,32H,3-5,9-10,16-17,20-22H2,1-2H3,(H,37,39)(H,40,41);/q;+1/p-1/t32-;/m0./s1. The number of thioether (sulfide) groups is 1. The van der Waals surface area contributed by atoms with Gasteiger partial charge in [-0.2, -0.15) is 11.8 Å². The number of aliphatic carboxylic acids is 1. The molecule has 5 nitrogen and oxygen atoms in total. The Kier molecular flexibility index (Phi) is 13.8. The third-order valence-corrected chi connectivity index (χ3v) is 8.66. The smallest absolute Gasteiger partial charge is 0.548 e. The number of hydrogen-bond acceptors (Lipinski definition) is 5. The molecule has 0 unspecified atom stereocenters. The first-order chi connectivity index (χ1) is 20.2. The molecule has 1 saturated carbocycles. The minimum atomic E-state index is -1.31. The van der Waals surface area contributed by atoms with Crippen molar-refractivity contribution < 1.29 is 42.3 Å². The van der Waals surface area contributed by atoms with Gasteiger partial charge in [0.2, 0.25) is 0 Å². The molecule has 0 radical (unpaired) electrons. The van der Waals surface area contributed by atoms with Crippen LogP contribution in [0.2, 0.25) is 0 Å². The summed E-state index contributed by atoms with van der Waals surface area (Å²) in [4.78, 5) is 27.4. The summed E-state index contributed by atoms with van der Waals surface area (Å²) in [6.07, 6.45) is 8.03. The Balaban J connectivity index is 0.00000506. The summed E-state index contributed by atoms with van der Waals surface area (Å²) in [7, 11) is 0. The summed E-state index contributed by atoms with van der Waals surface area (Å²) in [6.45, 7) is 3.62. The summed E-state index contributed by atoms with van der Waals surface area (Å²) in [5.74, 6) is -1.85. The molecule has 0 aromatic heterocycles. The van der Waals surface area contributed by atoms with E-state index in [-0.39, 0.29) is 25.3 Å². The van der Waals surface area contributed by atoms with Crippen LogP contribution >= 0.6 is 11.8 Å². The molecule has 43 heavy (non-hydrogen) atoms. The van der Waals surface area contributed by atoms with Crippen LogP contribution in [0.15, 0.2) is 60.7 Å². The van der Waals surface area contributed by atoms with E-state index in [1.165, 1.54) is 43.2 Å². The summed E-state index contributed by atoms with van der Waals surface area (Å²) >= 11 is 1.50. The van der Waals surface area contributed by atoms with Crippen molar-refractivity contribution in [1.82, 2.24) is 10.2 Å². The van der Waals surface area contributed by atoms with Crippen LogP contribution in [-0.2, 0) is 17.9 Å². The van der Waals surface area contributed by atoms with E-state index in [9.17, 15) is 23.5 Å². The molecule has 0 aliphatic heterocycles. The SMILES string of the molecule is CSCC[C@H](NC(=O)c1ccc(CN(Cc2ccc(F)cc2F)CC2CCCCC2)cc1-c1ccccc1C)C(=O)[O-].[Li+]. The van der Waals surface area contributed by atoms with E-state index in [2.05, 4.69) is 10.2 Å². The van der Waals surface area contributed by atoms with Gasteiger partial charge in [0, 0.05) is 36.8 Å². The summed E-state index contributed by atoms with van der Waals surface area (Å²) in [6, 6.07) is 16.0. The number of carbonyl (C=O) groups is 2. The number of aryl methyl sites for hydroxylation is 1. The molecule has 1 N–H and O–H groups in total. The molecule has 0 saturated heterocycles. The van der Waals surface area contributed by atoms with E-state index < -0.39 is 29.6 Å². The molecule has 3 aromatic rings. The van der Waals surface area contributed by atoms with Crippen LogP contribution in [0.4, 0.5) is 8.78 Å². The molecule has 224 valence electrons. The molecule has 1 aliphatic carbocycles. The van der Waals surface area contributed by atoms with Crippen LogP contribution in [-0.4, -0.2) is 41.4 Å². The molecule has 9 heteroatoms. The molecule has 4 rings (SSSR count). The minimum absolute atomic E-state index is 0. The fourth-order valence-corrected chi connectivity index (χ4v) is 6.25. The first-order valence-electron chi connectivity index (χ1n) is 14.6. The molecular weight excluding hydrogens is 561 g/mol. The van der Waals surface area contributed by atoms with E-state index in [1.807, 2.05) is 49.6 Å². The van der Waals surface area contributed by atoms with Gasteiger partial charge in [-0.1, -0.05) is 55.7 Å². The molecule has 0 heterocycles. The number of rotatable bonds is 13.